The third-order valence-corrected chi connectivity index (χ3v) is 3.96. The molecule has 21 heavy (non-hydrogen) atoms. The van der Waals surface area contributed by atoms with Crippen LogP contribution in [0.4, 0.5) is 6.01 Å². The topological polar surface area (TPSA) is 73.3 Å². The number of aromatic nitrogens is 1. The largest absolute Gasteiger partial charge is 0.424 e. The molecule has 1 fully saturated rings. The van der Waals surface area contributed by atoms with E-state index in [0.717, 1.165) is 56.4 Å². The highest BCUT2D eigenvalue weighted by molar-refractivity contribution is 5.74. The zero-order valence-electron chi connectivity index (χ0n) is 12.3. The van der Waals surface area contributed by atoms with E-state index in [4.69, 9.17) is 14.9 Å². The Hall–Kier alpha value is -1.59. The van der Waals surface area contributed by atoms with Crippen LogP contribution >= 0.6 is 0 Å². The summed E-state index contributed by atoms with van der Waals surface area (Å²) in [7, 11) is 0. The van der Waals surface area contributed by atoms with E-state index in [1.54, 1.807) is 0 Å². The van der Waals surface area contributed by atoms with Gasteiger partial charge in [-0.2, -0.15) is 4.98 Å². The molecule has 1 saturated carbocycles. The van der Waals surface area contributed by atoms with Gasteiger partial charge in [0.05, 0.1) is 6.10 Å². The standard InChI is InChI=1S/C16H23N3O2/c17-12-6-8-13(9-7-12)20-11-3-10-18-16-19-14-4-1-2-5-15(14)21-16/h1-2,4-5,12-13H,3,6-11,17H2,(H,18,19). The van der Waals surface area contributed by atoms with E-state index in [0.29, 0.717) is 18.2 Å². The zero-order valence-corrected chi connectivity index (χ0v) is 12.3. The van der Waals surface area contributed by atoms with Crippen molar-refractivity contribution < 1.29 is 9.15 Å². The summed E-state index contributed by atoms with van der Waals surface area (Å²) in [4.78, 5) is 4.38. The summed E-state index contributed by atoms with van der Waals surface area (Å²) >= 11 is 0. The lowest BCUT2D eigenvalue weighted by molar-refractivity contribution is 0.0251. The summed E-state index contributed by atoms with van der Waals surface area (Å²) in [5.41, 5.74) is 7.59. The van der Waals surface area contributed by atoms with Crippen LogP contribution in [0.15, 0.2) is 28.7 Å². The van der Waals surface area contributed by atoms with Gasteiger partial charge in [0.25, 0.3) is 6.01 Å². The minimum absolute atomic E-state index is 0.380. The zero-order chi connectivity index (χ0) is 14.5. The van der Waals surface area contributed by atoms with Gasteiger partial charge in [-0.3, -0.25) is 0 Å². The highest BCUT2D eigenvalue weighted by atomic mass is 16.5. The van der Waals surface area contributed by atoms with E-state index in [9.17, 15) is 0 Å². The highest BCUT2D eigenvalue weighted by Crippen LogP contribution is 2.20. The molecule has 1 aliphatic carbocycles. The fourth-order valence-corrected chi connectivity index (χ4v) is 2.72. The number of hydrogen-bond donors (Lipinski definition) is 2. The molecule has 1 aromatic carbocycles. The molecular formula is C16H23N3O2. The Bertz CT molecular complexity index is 528. The Balaban J connectivity index is 1.34. The summed E-state index contributed by atoms with van der Waals surface area (Å²) in [5, 5.41) is 3.20. The molecule has 3 rings (SSSR count). The van der Waals surface area contributed by atoms with E-state index >= 15 is 0 Å². The molecule has 0 unspecified atom stereocenters. The Labute approximate surface area is 124 Å². The Kier molecular flexibility index (Phi) is 4.72. The van der Waals surface area contributed by atoms with Gasteiger partial charge in [-0.05, 0) is 44.2 Å². The Morgan fingerprint density at radius 1 is 1.24 bits per heavy atom. The van der Waals surface area contributed by atoms with Crippen molar-refractivity contribution >= 4 is 17.1 Å². The predicted molar refractivity (Wildman–Crippen MR) is 83.3 cm³/mol. The average Bonchev–Trinajstić information content (AvgIpc) is 2.91. The quantitative estimate of drug-likeness (QED) is 0.800. The molecule has 1 aliphatic rings. The van der Waals surface area contributed by atoms with Gasteiger partial charge in [0.15, 0.2) is 5.58 Å². The van der Waals surface area contributed by atoms with Crippen LogP contribution in [0.2, 0.25) is 0 Å². The number of nitrogens with two attached hydrogens (primary N) is 1. The fraction of sp³-hybridized carbons (Fsp3) is 0.562. The van der Waals surface area contributed by atoms with Gasteiger partial charge < -0.3 is 20.2 Å². The van der Waals surface area contributed by atoms with E-state index in [1.807, 2.05) is 24.3 Å². The monoisotopic (exact) mass is 289 g/mol. The van der Waals surface area contributed by atoms with Crippen LogP contribution in [0.25, 0.3) is 11.1 Å². The number of nitrogens with zero attached hydrogens (tertiary/aromatic N) is 1. The molecule has 2 aromatic rings. The number of rotatable bonds is 6. The van der Waals surface area contributed by atoms with Crippen LogP contribution in [0.1, 0.15) is 32.1 Å². The molecule has 5 nitrogen and oxygen atoms in total. The lowest BCUT2D eigenvalue weighted by atomic mass is 9.94. The molecule has 0 bridgehead atoms. The number of benzene rings is 1. The number of nitrogens with one attached hydrogen (secondary N) is 1. The van der Waals surface area contributed by atoms with E-state index in [1.165, 1.54) is 0 Å². The Morgan fingerprint density at radius 3 is 2.86 bits per heavy atom. The predicted octanol–water partition coefficient (Wildman–Crippen LogP) is 2.92. The first-order valence-corrected chi connectivity index (χ1v) is 7.78. The van der Waals surface area contributed by atoms with Crippen molar-refractivity contribution in [3.63, 3.8) is 0 Å². The molecular weight excluding hydrogens is 266 g/mol. The molecule has 0 atom stereocenters. The third-order valence-electron chi connectivity index (χ3n) is 3.96. The summed E-state index contributed by atoms with van der Waals surface area (Å²) in [6.07, 6.45) is 5.72. The summed E-state index contributed by atoms with van der Waals surface area (Å²) in [5.74, 6) is 0. The van der Waals surface area contributed by atoms with Gasteiger partial charge in [0, 0.05) is 19.2 Å². The molecule has 0 amide bonds. The van der Waals surface area contributed by atoms with Gasteiger partial charge in [-0.15, -0.1) is 0 Å². The number of anilines is 1. The summed E-state index contributed by atoms with van der Waals surface area (Å²) in [6.45, 7) is 1.58. The van der Waals surface area contributed by atoms with Crippen molar-refractivity contribution in [2.24, 2.45) is 5.73 Å². The van der Waals surface area contributed by atoms with Crippen LogP contribution in [0, 0.1) is 0 Å². The first-order chi connectivity index (χ1) is 10.3. The maximum Gasteiger partial charge on any atom is 0.295 e. The lowest BCUT2D eigenvalue weighted by Crippen LogP contribution is -2.30. The van der Waals surface area contributed by atoms with Gasteiger partial charge in [-0.25, -0.2) is 0 Å². The molecule has 1 heterocycles. The molecule has 5 heteroatoms. The maximum absolute atomic E-state index is 5.89. The first-order valence-electron chi connectivity index (χ1n) is 7.78. The van der Waals surface area contributed by atoms with Gasteiger partial charge in [0.2, 0.25) is 0 Å². The second kappa shape index (κ2) is 6.91. The second-order valence-electron chi connectivity index (χ2n) is 5.67. The van der Waals surface area contributed by atoms with Crippen LogP contribution in [0.5, 0.6) is 0 Å². The van der Waals surface area contributed by atoms with Crippen LogP contribution in [-0.2, 0) is 4.74 Å². The number of fused-ring (bicyclic) bond motifs is 1. The lowest BCUT2D eigenvalue weighted by Gasteiger charge is -2.26. The minimum Gasteiger partial charge on any atom is -0.424 e. The van der Waals surface area contributed by atoms with Crippen LogP contribution < -0.4 is 11.1 Å². The van der Waals surface area contributed by atoms with Crippen molar-refractivity contribution in [3.05, 3.63) is 24.3 Å². The summed E-state index contributed by atoms with van der Waals surface area (Å²) < 4.78 is 11.5. The third kappa shape index (κ3) is 3.95. The van der Waals surface area contributed by atoms with E-state index in [-0.39, 0.29) is 0 Å². The average molecular weight is 289 g/mol. The molecule has 0 saturated heterocycles. The van der Waals surface area contributed by atoms with Crippen LogP contribution in [-0.4, -0.2) is 30.3 Å². The normalized spacial score (nSPS) is 22.5. The van der Waals surface area contributed by atoms with E-state index in [2.05, 4.69) is 10.3 Å². The number of oxazole rings is 1. The SMILES string of the molecule is NC1CCC(OCCCNc2nc3ccccc3o2)CC1. The molecule has 0 aliphatic heterocycles. The molecule has 0 radical (unpaired) electrons. The minimum atomic E-state index is 0.380. The Morgan fingerprint density at radius 2 is 2.05 bits per heavy atom. The van der Waals surface area contributed by atoms with Gasteiger partial charge in [-0.1, -0.05) is 12.1 Å². The first kappa shape index (κ1) is 14.4. The van der Waals surface area contributed by atoms with Crippen molar-refractivity contribution in [1.29, 1.82) is 0 Å². The number of ether oxygens (including phenoxy) is 1. The van der Waals surface area contributed by atoms with Crippen molar-refractivity contribution in [1.82, 2.24) is 4.98 Å². The maximum atomic E-state index is 5.89. The fourth-order valence-electron chi connectivity index (χ4n) is 2.72. The van der Waals surface area contributed by atoms with Gasteiger partial charge in [0.1, 0.15) is 5.52 Å². The second-order valence-corrected chi connectivity index (χ2v) is 5.67. The smallest absolute Gasteiger partial charge is 0.295 e. The van der Waals surface area contributed by atoms with Gasteiger partial charge >= 0.3 is 0 Å². The van der Waals surface area contributed by atoms with Crippen molar-refractivity contribution in [3.8, 4) is 0 Å². The molecule has 0 spiro atoms. The number of para-hydroxylation sites is 2. The van der Waals surface area contributed by atoms with Crippen molar-refractivity contribution in [2.75, 3.05) is 18.5 Å². The van der Waals surface area contributed by atoms with E-state index < -0.39 is 0 Å². The molecule has 114 valence electrons. The highest BCUT2D eigenvalue weighted by Gasteiger charge is 2.18. The van der Waals surface area contributed by atoms with Crippen LogP contribution in [0.3, 0.4) is 0 Å². The summed E-state index contributed by atoms with van der Waals surface area (Å²) in [6, 6.07) is 8.73. The molecule has 1 aromatic heterocycles. The molecule has 3 N–H and O–H groups in total. The van der Waals surface area contributed by atoms with Crippen molar-refractivity contribution in [2.45, 2.75) is 44.2 Å². The number of hydrogen-bond acceptors (Lipinski definition) is 5.